The van der Waals surface area contributed by atoms with Gasteiger partial charge in [0.25, 0.3) is 0 Å². The Hall–Kier alpha value is -0.940. The number of amides is 1. The normalized spacial score (nSPS) is 12.2. The van der Waals surface area contributed by atoms with Gasteiger partial charge in [-0.15, -0.1) is 0 Å². The van der Waals surface area contributed by atoms with Crippen LogP contribution in [0.2, 0.25) is 0 Å². The zero-order valence-electron chi connectivity index (χ0n) is 11.4. The van der Waals surface area contributed by atoms with Crippen LogP contribution in [0.1, 0.15) is 39.0 Å². The standard InChI is InChI=1S/C14H22BrN3O/c1-2-4-11(8-9-16)6-7-13(19)18-12-5-3-10-17-14(12)15/h3,5,10-11H,2,4,6-9,16H2,1H3,(H,18,19). The van der Waals surface area contributed by atoms with E-state index in [1.54, 1.807) is 12.3 Å². The number of pyridine rings is 1. The lowest BCUT2D eigenvalue weighted by molar-refractivity contribution is -0.116. The first-order chi connectivity index (χ1) is 9.17. The van der Waals surface area contributed by atoms with Crippen molar-refractivity contribution in [2.24, 2.45) is 11.7 Å². The summed E-state index contributed by atoms with van der Waals surface area (Å²) in [4.78, 5) is 16.0. The minimum absolute atomic E-state index is 0.0341. The monoisotopic (exact) mass is 327 g/mol. The van der Waals surface area contributed by atoms with Gasteiger partial charge in [0.2, 0.25) is 5.91 Å². The van der Waals surface area contributed by atoms with Crippen molar-refractivity contribution in [3.8, 4) is 0 Å². The van der Waals surface area contributed by atoms with E-state index in [1.165, 1.54) is 0 Å². The van der Waals surface area contributed by atoms with Gasteiger partial charge < -0.3 is 11.1 Å². The molecule has 0 aliphatic rings. The van der Waals surface area contributed by atoms with Crippen LogP contribution < -0.4 is 11.1 Å². The minimum Gasteiger partial charge on any atom is -0.330 e. The Labute approximate surface area is 123 Å². The number of carbonyl (C=O) groups excluding carboxylic acids is 1. The third-order valence-corrected chi connectivity index (χ3v) is 3.72. The van der Waals surface area contributed by atoms with Gasteiger partial charge in [0.15, 0.2) is 0 Å². The summed E-state index contributed by atoms with van der Waals surface area (Å²) >= 11 is 3.31. The highest BCUT2D eigenvalue weighted by molar-refractivity contribution is 9.10. The van der Waals surface area contributed by atoms with E-state index in [-0.39, 0.29) is 5.91 Å². The van der Waals surface area contributed by atoms with Crippen molar-refractivity contribution < 1.29 is 4.79 Å². The molecule has 1 aromatic rings. The Kier molecular flexibility index (Phi) is 7.67. The largest absolute Gasteiger partial charge is 0.330 e. The molecule has 0 aromatic carbocycles. The second-order valence-corrected chi connectivity index (χ2v) is 5.41. The molecule has 1 amide bonds. The third-order valence-electron chi connectivity index (χ3n) is 3.08. The number of hydrogen-bond acceptors (Lipinski definition) is 3. The van der Waals surface area contributed by atoms with Crippen LogP contribution in [-0.2, 0) is 4.79 Å². The first-order valence-corrected chi connectivity index (χ1v) is 7.57. The molecule has 0 bridgehead atoms. The van der Waals surface area contributed by atoms with Crippen molar-refractivity contribution >= 4 is 27.5 Å². The van der Waals surface area contributed by atoms with Crippen molar-refractivity contribution in [2.75, 3.05) is 11.9 Å². The molecule has 0 radical (unpaired) electrons. The molecule has 0 spiro atoms. The fraction of sp³-hybridized carbons (Fsp3) is 0.571. The van der Waals surface area contributed by atoms with Gasteiger partial charge in [-0.3, -0.25) is 4.79 Å². The number of hydrogen-bond donors (Lipinski definition) is 2. The van der Waals surface area contributed by atoms with E-state index in [4.69, 9.17) is 5.73 Å². The van der Waals surface area contributed by atoms with Gasteiger partial charge >= 0.3 is 0 Å². The van der Waals surface area contributed by atoms with Crippen LogP contribution in [0, 0.1) is 5.92 Å². The summed E-state index contributed by atoms with van der Waals surface area (Å²) in [5.41, 5.74) is 6.32. The zero-order chi connectivity index (χ0) is 14.1. The molecule has 1 heterocycles. The predicted molar refractivity (Wildman–Crippen MR) is 81.9 cm³/mol. The summed E-state index contributed by atoms with van der Waals surface area (Å²) in [5.74, 6) is 0.588. The van der Waals surface area contributed by atoms with Gasteiger partial charge in [0.05, 0.1) is 5.69 Å². The summed E-state index contributed by atoms with van der Waals surface area (Å²) in [6.07, 6.45) is 6.39. The number of halogens is 1. The molecular formula is C14H22BrN3O. The molecule has 0 fully saturated rings. The Balaban J connectivity index is 2.40. The van der Waals surface area contributed by atoms with Crippen molar-refractivity contribution in [1.82, 2.24) is 4.98 Å². The lowest BCUT2D eigenvalue weighted by Crippen LogP contribution is -2.15. The summed E-state index contributed by atoms with van der Waals surface area (Å²) < 4.78 is 0.662. The second kappa shape index (κ2) is 9.04. The molecule has 0 saturated carbocycles. The maximum absolute atomic E-state index is 11.9. The molecule has 0 aliphatic heterocycles. The van der Waals surface area contributed by atoms with Gasteiger partial charge in [0.1, 0.15) is 4.60 Å². The molecule has 0 aliphatic carbocycles. The Morgan fingerprint density at radius 3 is 2.89 bits per heavy atom. The molecule has 1 rings (SSSR count). The summed E-state index contributed by atoms with van der Waals surface area (Å²) in [6.45, 7) is 2.86. The van der Waals surface area contributed by atoms with Crippen LogP contribution in [0.25, 0.3) is 0 Å². The molecule has 106 valence electrons. The number of nitrogens with one attached hydrogen (secondary N) is 1. The first-order valence-electron chi connectivity index (χ1n) is 6.77. The topological polar surface area (TPSA) is 68.0 Å². The van der Waals surface area contributed by atoms with Crippen LogP contribution in [-0.4, -0.2) is 17.4 Å². The maximum atomic E-state index is 11.9. The Morgan fingerprint density at radius 1 is 1.47 bits per heavy atom. The minimum atomic E-state index is 0.0341. The van der Waals surface area contributed by atoms with Crippen molar-refractivity contribution in [3.63, 3.8) is 0 Å². The number of anilines is 1. The zero-order valence-corrected chi connectivity index (χ0v) is 12.9. The highest BCUT2D eigenvalue weighted by Crippen LogP contribution is 2.20. The van der Waals surface area contributed by atoms with E-state index in [1.807, 2.05) is 6.07 Å². The second-order valence-electron chi connectivity index (χ2n) is 4.66. The highest BCUT2D eigenvalue weighted by atomic mass is 79.9. The van der Waals surface area contributed by atoms with Gasteiger partial charge in [-0.2, -0.15) is 0 Å². The fourth-order valence-electron chi connectivity index (χ4n) is 2.10. The number of nitrogens with two attached hydrogens (primary N) is 1. The van der Waals surface area contributed by atoms with Crippen LogP contribution in [0.15, 0.2) is 22.9 Å². The molecule has 1 atom stereocenters. The average molecular weight is 328 g/mol. The van der Waals surface area contributed by atoms with Crippen molar-refractivity contribution in [2.45, 2.75) is 39.0 Å². The molecule has 3 N–H and O–H groups in total. The number of carbonyl (C=O) groups is 1. The molecular weight excluding hydrogens is 306 g/mol. The van der Waals surface area contributed by atoms with Crippen molar-refractivity contribution in [1.29, 1.82) is 0 Å². The quantitative estimate of drug-likeness (QED) is 0.719. The first kappa shape index (κ1) is 16.1. The van der Waals surface area contributed by atoms with E-state index >= 15 is 0 Å². The smallest absolute Gasteiger partial charge is 0.224 e. The maximum Gasteiger partial charge on any atom is 0.224 e. The van der Waals surface area contributed by atoms with Gasteiger partial charge in [0, 0.05) is 12.6 Å². The molecule has 5 heteroatoms. The van der Waals surface area contributed by atoms with Crippen LogP contribution in [0.3, 0.4) is 0 Å². The van der Waals surface area contributed by atoms with Crippen LogP contribution >= 0.6 is 15.9 Å². The summed E-state index contributed by atoms with van der Waals surface area (Å²) in [5, 5.41) is 2.87. The molecule has 4 nitrogen and oxygen atoms in total. The fourth-order valence-corrected chi connectivity index (χ4v) is 2.45. The number of aromatic nitrogens is 1. The molecule has 0 saturated heterocycles. The van der Waals surface area contributed by atoms with Gasteiger partial charge in [-0.25, -0.2) is 4.98 Å². The number of rotatable bonds is 8. The highest BCUT2D eigenvalue weighted by Gasteiger charge is 2.11. The molecule has 1 aromatic heterocycles. The lowest BCUT2D eigenvalue weighted by atomic mass is 9.94. The lowest BCUT2D eigenvalue weighted by Gasteiger charge is -2.14. The van der Waals surface area contributed by atoms with Gasteiger partial charge in [-0.1, -0.05) is 19.8 Å². The van der Waals surface area contributed by atoms with E-state index in [2.05, 4.69) is 33.2 Å². The van der Waals surface area contributed by atoms with E-state index < -0.39 is 0 Å². The Morgan fingerprint density at radius 2 is 2.26 bits per heavy atom. The number of nitrogens with zero attached hydrogens (tertiary/aromatic N) is 1. The van der Waals surface area contributed by atoms with Crippen LogP contribution in [0.5, 0.6) is 0 Å². The third kappa shape index (κ3) is 6.16. The Bertz CT molecular complexity index is 392. The average Bonchev–Trinajstić information content (AvgIpc) is 2.39. The van der Waals surface area contributed by atoms with E-state index in [0.717, 1.165) is 31.4 Å². The molecule has 1 unspecified atom stereocenters. The van der Waals surface area contributed by atoms with E-state index in [9.17, 15) is 4.79 Å². The summed E-state index contributed by atoms with van der Waals surface area (Å²) in [7, 11) is 0. The van der Waals surface area contributed by atoms with Crippen LogP contribution in [0.4, 0.5) is 5.69 Å². The SMILES string of the molecule is CCCC(CCN)CCC(=O)Nc1cccnc1Br. The predicted octanol–water partition coefficient (Wildman–Crippen LogP) is 3.33. The summed E-state index contributed by atoms with van der Waals surface area (Å²) in [6, 6.07) is 3.63. The van der Waals surface area contributed by atoms with Crippen molar-refractivity contribution in [3.05, 3.63) is 22.9 Å². The molecule has 19 heavy (non-hydrogen) atoms. The van der Waals surface area contributed by atoms with Gasteiger partial charge in [-0.05, 0) is 53.4 Å². The van der Waals surface area contributed by atoms with E-state index in [0.29, 0.717) is 23.5 Å².